The fraction of sp³-hybridized carbons (Fsp3) is 0.917. The molecule has 0 aromatic heterocycles. The fourth-order valence-corrected chi connectivity index (χ4v) is 2.03. The third-order valence-corrected chi connectivity index (χ3v) is 3.16. The standard InChI is InChI=1S/C12H25N3O/c1-3-6-13-8-9-15-11(16)12(2)5-4-7-14-10-12/h13-14H,3-10H2,1-2H3,(H,15,16). The predicted molar refractivity (Wildman–Crippen MR) is 66.4 cm³/mol. The lowest BCUT2D eigenvalue weighted by molar-refractivity contribution is -0.131. The zero-order valence-electron chi connectivity index (χ0n) is 10.6. The molecule has 4 nitrogen and oxygen atoms in total. The van der Waals surface area contributed by atoms with Crippen LogP contribution < -0.4 is 16.0 Å². The van der Waals surface area contributed by atoms with Crippen molar-refractivity contribution in [1.29, 1.82) is 0 Å². The zero-order chi connectivity index (χ0) is 11.9. The first-order valence-corrected chi connectivity index (χ1v) is 6.39. The molecule has 0 aromatic rings. The molecule has 1 atom stereocenters. The van der Waals surface area contributed by atoms with E-state index in [1.165, 1.54) is 0 Å². The Bertz CT molecular complexity index is 212. The Morgan fingerprint density at radius 3 is 2.81 bits per heavy atom. The van der Waals surface area contributed by atoms with Gasteiger partial charge in [-0.25, -0.2) is 0 Å². The molecule has 3 N–H and O–H groups in total. The van der Waals surface area contributed by atoms with Gasteiger partial charge in [-0.1, -0.05) is 6.92 Å². The Kier molecular flexibility index (Phi) is 5.77. The van der Waals surface area contributed by atoms with E-state index in [1.807, 2.05) is 6.92 Å². The summed E-state index contributed by atoms with van der Waals surface area (Å²) in [7, 11) is 0. The van der Waals surface area contributed by atoms with Crippen molar-refractivity contribution in [2.45, 2.75) is 33.1 Å². The van der Waals surface area contributed by atoms with Crippen LogP contribution in [-0.4, -0.2) is 38.6 Å². The summed E-state index contributed by atoms with van der Waals surface area (Å²) in [4.78, 5) is 12.0. The predicted octanol–water partition coefficient (Wildman–Crippen LogP) is 0.492. The van der Waals surface area contributed by atoms with Crippen LogP contribution in [0, 0.1) is 5.41 Å². The summed E-state index contributed by atoms with van der Waals surface area (Å²) >= 11 is 0. The molecule has 0 aliphatic carbocycles. The summed E-state index contributed by atoms with van der Waals surface area (Å²) in [5, 5.41) is 9.58. The van der Waals surface area contributed by atoms with E-state index in [1.54, 1.807) is 0 Å². The van der Waals surface area contributed by atoms with Gasteiger partial charge in [-0.2, -0.15) is 0 Å². The monoisotopic (exact) mass is 227 g/mol. The molecule has 1 heterocycles. The Labute approximate surface area is 98.6 Å². The van der Waals surface area contributed by atoms with E-state index in [2.05, 4.69) is 22.9 Å². The Hall–Kier alpha value is -0.610. The van der Waals surface area contributed by atoms with Crippen LogP contribution in [0.4, 0.5) is 0 Å². The molecule has 1 rings (SSSR count). The number of hydrogen-bond acceptors (Lipinski definition) is 3. The Morgan fingerprint density at radius 2 is 2.19 bits per heavy atom. The first-order valence-electron chi connectivity index (χ1n) is 6.39. The number of rotatable bonds is 6. The molecular weight excluding hydrogens is 202 g/mol. The van der Waals surface area contributed by atoms with Crippen molar-refractivity contribution in [3.63, 3.8) is 0 Å². The molecule has 0 radical (unpaired) electrons. The highest BCUT2D eigenvalue weighted by molar-refractivity contribution is 5.82. The van der Waals surface area contributed by atoms with E-state index in [0.717, 1.165) is 52.0 Å². The van der Waals surface area contributed by atoms with Crippen molar-refractivity contribution in [3.8, 4) is 0 Å². The lowest BCUT2D eigenvalue weighted by Crippen LogP contribution is -2.49. The van der Waals surface area contributed by atoms with Crippen LogP contribution in [0.15, 0.2) is 0 Å². The number of carbonyl (C=O) groups excluding carboxylic acids is 1. The van der Waals surface area contributed by atoms with Gasteiger partial charge < -0.3 is 16.0 Å². The summed E-state index contributed by atoms with van der Waals surface area (Å²) in [6.45, 7) is 8.66. The first kappa shape index (κ1) is 13.5. The third kappa shape index (κ3) is 4.10. The lowest BCUT2D eigenvalue weighted by Gasteiger charge is -2.32. The maximum absolute atomic E-state index is 12.0. The molecule has 0 bridgehead atoms. The molecule has 1 aliphatic heterocycles. The van der Waals surface area contributed by atoms with Gasteiger partial charge in [0.1, 0.15) is 0 Å². The van der Waals surface area contributed by atoms with Gasteiger partial charge in [0.05, 0.1) is 5.41 Å². The van der Waals surface area contributed by atoms with E-state index >= 15 is 0 Å². The molecule has 0 saturated carbocycles. The molecular formula is C12H25N3O. The van der Waals surface area contributed by atoms with Crippen molar-refractivity contribution in [2.75, 3.05) is 32.7 Å². The minimum Gasteiger partial charge on any atom is -0.354 e. The highest BCUT2D eigenvalue weighted by Gasteiger charge is 2.34. The van der Waals surface area contributed by atoms with E-state index in [4.69, 9.17) is 0 Å². The number of nitrogens with one attached hydrogen (secondary N) is 3. The summed E-state index contributed by atoms with van der Waals surface area (Å²) in [6.07, 6.45) is 3.22. The molecule has 1 amide bonds. The molecule has 4 heteroatoms. The number of hydrogen-bond donors (Lipinski definition) is 3. The first-order chi connectivity index (χ1) is 7.69. The quantitative estimate of drug-likeness (QED) is 0.579. The SMILES string of the molecule is CCCNCCNC(=O)C1(C)CCCNC1. The van der Waals surface area contributed by atoms with Crippen molar-refractivity contribution in [1.82, 2.24) is 16.0 Å². The van der Waals surface area contributed by atoms with Crippen LogP contribution >= 0.6 is 0 Å². The zero-order valence-corrected chi connectivity index (χ0v) is 10.6. The second-order valence-corrected chi connectivity index (χ2v) is 4.85. The van der Waals surface area contributed by atoms with E-state index in [9.17, 15) is 4.79 Å². The van der Waals surface area contributed by atoms with Crippen molar-refractivity contribution >= 4 is 5.91 Å². The van der Waals surface area contributed by atoms with Crippen molar-refractivity contribution in [3.05, 3.63) is 0 Å². The van der Waals surface area contributed by atoms with Crippen LogP contribution in [0.1, 0.15) is 33.1 Å². The number of piperidine rings is 1. The molecule has 1 unspecified atom stereocenters. The van der Waals surface area contributed by atoms with Gasteiger partial charge in [-0.3, -0.25) is 4.79 Å². The van der Waals surface area contributed by atoms with Gasteiger partial charge >= 0.3 is 0 Å². The second-order valence-electron chi connectivity index (χ2n) is 4.85. The largest absolute Gasteiger partial charge is 0.354 e. The van der Waals surface area contributed by atoms with Gasteiger partial charge in [-0.15, -0.1) is 0 Å². The third-order valence-electron chi connectivity index (χ3n) is 3.16. The smallest absolute Gasteiger partial charge is 0.227 e. The van der Waals surface area contributed by atoms with Gasteiger partial charge in [0, 0.05) is 19.6 Å². The van der Waals surface area contributed by atoms with Crippen LogP contribution in [0.3, 0.4) is 0 Å². The molecule has 0 spiro atoms. The molecule has 1 saturated heterocycles. The van der Waals surface area contributed by atoms with E-state index in [0.29, 0.717) is 0 Å². The summed E-state index contributed by atoms with van der Waals surface area (Å²) in [5.41, 5.74) is -0.205. The van der Waals surface area contributed by atoms with Crippen molar-refractivity contribution in [2.24, 2.45) is 5.41 Å². The fourth-order valence-electron chi connectivity index (χ4n) is 2.03. The molecule has 1 aliphatic rings. The summed E-state index contributed by atoms with van der Waals surface area (Å²) in [5.74, 6) is 0.193. The lowest BCUT2D eigenvalue weighted by atomic mass is 9.82. The van der Waals surface area contributed by atoms with Crippen molar-refractivity contribution < 1.29 is 4.79 Å². The van der Waals surface area contributed by atoms with Crippen LogP contribution in [0.2, 0.25) is 0 Å². The molecule has 1 fully saturated rings. The van der Waals surface area contributed by atoms with Gasteiger partial charge in [0.15, 0.2) is 0 Å². The van der Waals surface area contributed by atoms with E-state index in [-0.39, 0.29) is 11.3 Å². The average Bonchev–Trinajstić information content (AvgIpc) is 2.29. The average molecular weight is 227 g/mol. The highest BCUT2D eigenvalue weighted by atomic mass is 16.2. The second kappa shape index (κ2) is 6.86. The molecule has 16 heavy (non-hydrogen) atoms. The summed E-state index contributed by atoms with van der Waals surface area (Å²) < 4.78 is 0. The van der Waals surface area contributed by atoms with Gasteiger partial charge in [0.25, 0.3) is 0 Å². The Balaban J connectivity index is 2.18. The maximum atomic E-state index is 12.0. The normalized spacial score (nSPS) is 25.4. The Morgan fingerprint density at radius 1 is 1.38 bits per heavy atom. The molecule has 0 aromatic carbocycles. The van der Waals surface area contributed by atoms with Crippen LogP contribution in [0.25, 0.3) is 0 Å². The number of amides is 1. The van der Waals surface area contributed by atoms with Gasteiger partial charge in [0.2, 0.25) is 5.91 Å². The van der Waals surface area contributed by atoms with E-state index < -0.39 is 0 Å². The summed E-state index contributed by atoms with van der Waals surface area (Å²) in [6, 6.07) is 0. The minimum absolute atomic E-state index is 0.193. The van der Waals surface area contributed by atoms with Crippen LogP contribution in [0.5, 0.6) is 0 Å². The van der Waals surface area contributed by atoms with Gasteiger partial charge in [-0.05, 0) is 39.3 Å². The maximum Gasteiger partial charge on any atom is 0.227 e. The topological polar surface area (TPSA) is 53.2 Å². The highest BCUT2D eigenvalue weighted by Crippen LogP contribution is 2.25. The van der Waals surface area contributed by atoms with Crippen LogP contribution in [-0.2, 0) is 4.79 Å². The molecule has 94 valence electrons. The number of carbonyl (C=O) groups is 1. The minimum atomic E-state index is -0.205.